The molecule has 4 rings (SSSR count). The molecule has 2 amide bonds. The number of amides is 2. The number of hydrogen-bond acceptors (Lipinski definition) is 5. The zero-order valence-electron chi connectivity index (χ0n) is 20.1. The van der Waals surface area contributed by atoms with Gasteiger partial charge in [-0.15, -0.1) is 0 Å². The third-order valence-corrected chi connectivity index (χ3v) is 6.87. The summed E-state index contributed by atoms with van der Waals surface area (Å²) >= 11 is 0. The van der Waals surface area contributed by atoms with Crippen molar-refractivity contribution in [3.05, 3.63) is 59.7 Å². The third-order valence-electron chi connectivity index (χ3n) is 6.87. The van der Waals surface area contributed by atoms with E-state index in [1.807, 2.05) is 60.4 Å². The summed E-state index contributed by atoms with van der Waals surface area (Å²) < 4.78 is 0. The molecule has 2 saturated heterocycles. The molecule has 2 aliphatic heterocycles. The van der Waals surface area contributed by atoms with E-state index in [1.165, 1.54) is 0 Å². The summed E-state index contributed by atoms with van der Waals surface area (Å²) in [6.07, 6.45) is 1.59. The van der Waals surface area contributed by atoms with E-state index in [-0.39, 0.29) is 23.5 Å². The molecule has 2 aliphatic rings. The topological polar surface area (TPSA) is 73.0 Å². The van der Waals surface area contributed by atoms with Crippen molar-refractivity contribution >= 4 is 29.0 Å². The molecule has 2 heterocycles. The lowest BCUT2D eigenvalue weighted by Crippen LogP contribution is -2.52. The number of piperidine rings is 1. The molecule has 0 bridgehead atoms. The van der Waals surface area contributed by atoms with Crippen LogP contribution in [-0.2, 0) is 9.59 Å². The van der Waals surface area contributed by atoms with Crippen LogP contribution in [0.3, 0.4) is 0 Å². The lowest BCUT2D eigenvalue weighted by molar-refractivity contribution is -0.137. The first kappa shape index (κ1) is 24.0. The number of ketones is 1. The van der Waals surface area contributed by atoms with E-state index in [4.69, 9.17) is 0 Å². The van der Waals surface area contributed by atoms with Gasteiger partial charge >= 0.3 is 0 Å². The van der Waals surface area contributed by atoms with Crippen LogP contribution in [0.5, 0.6) is 0 Å². The van der Waals surface area contributed by atoms with Crippen molar-refractivity contribution in [2.45, 2.75) is 26.7 Å². The molecule has 2 aromatic rings. The van der Waals surface area contributed by atoms with Crippen molar-refractivity contribution in [1.82, 2.24) is 9.80 Å². The van der Waals surface area contributed by atoms with Crippen LogP contribution >= 0.6 is 0 Å². The second-order valence-corrected chi connectivity index (χ2v) is 9.38. The fraction of sp³-hybridized carbons (Fsp3) is 0.444. The van der Waals surface area contributed by atoms with Crippen molar-refractivity contribution in [2.24, 2.45) is 5.92 Å². The molecule has 0 radical (unpaired) electrons. The Morgan fingerprint density at radius 2 is 1.47 bits per heavy atom. The number of benzene rings is 2. The number of carbonyl (C=O) groups is 3. The number of nitrogens with zero attached hydrogens (tertiary/aromatic N) is 3. The second-order valence-electron chi connectivity index (χ2n) is 9.38. The summed E-state index contributed by atoms with van der Waals surface area (Å²) in [5.74, 6) is 0.342. The summed E-state index contributed by atoms with van der Waals surface area (Å²) in [7, 11) is 0. The number of rotatable bonds is 6. The van der Waals surface area contributed by atoms with Crippen LogP contribution in [-0.4, -0.2) is 73.2 Å². The molecule has 0 atom stereocenters. The van der Waals surface area contributed by atoms with Crippen molar-refractivity contribution in [3.63, 3.8) is 0 Å². The minimum Gasteiger partial charge on any atom is -0.368 e. The molecule has 0 saturated carbocycles. The van der Waals surface area contributed by atoms with E-state index in [0.29, 0.717) is 19.6 Å². The first-order chi connectivity index (χ1) is 16.4. The highest BCUT2D eigenvalue weighted by atomic mass is 16.2. The molecule has 1 N–H and O–H groups in total. The van der Waals surface area contributed by atoms with Gasteiger partial charge in [-0.2, -0.15) is 0 Å². The Kier molecular flexibility index (Phi) is 7.63. The molecule has 0 aromatic heterocycles. The van der Waals surface area contributed by atoms with Gasteiger partial charge < -0.3 is 15.1 Å². The number of carbonyl (C=O) groups excluding carboxylic acids is 3. The maximum Gasteiger partial charge on any atom is 0.238 e. The Hall–Kier alpha value is -3.19. The molecular weight excluding hydrogens is 428 g/mol. The van der Waals surface area contributed by atoms with E-state index in [9.17, 15) is 14.4 Å². The van der Waals surface area contributed by atoms with Crippen LogP contribution in [0.2, 0.25) is 0 Å². The molecule has 0 spiro atoms. The van der Waals surface area contributed by atoms with Gasteiger partial charge in [0.05, 0.1) is 6.54 Å². The number of piperazine rings is 1. The van der Waals surface area contributed by atoms with Crippen molar-refractivity contribution in [1.29, 1.82) is 0 Å². The zero-order valence-corrected chi connectivity index (χ0v) is 20.1. The van der Waals surface area contributed by atoms with E-state index in [1.54, 1.807) is 6.92 Å². The van der Waals surface area contributed by atoms with Crippen molar-refractivity contribution in [2.75, 3.05) is 56.0 Å². The third kappa shape index (κ3) is 6.03. The lowest BCUT2D eigenvalue weighted by atomic mass is 9.95. The standard InChI is InChI=1S/C27H34N4O3/c1-20-3-7-24(8-4-20)28-26(33)19-29-13-11-23(12-14-29)27(34)31-17-15-30(16-18-31)25-9-5-22(6-10-25)21(2)32/h3-10,23H,11-19H2,1-2H3,(H,28,33). The van der Waals surface area contributed by atoms with E-state index in [2.05, 4.69) is 15.1 Å². The quantitative estimate of drug-likeness (QED) is 0.668. The molecule has 2 fully saturated rings. The van der Waals surface area contributed by atoms with Gasteiger partial charge in [-0.25, -0.2) is 0 Å². The number of hydrogen-bond donors (Lipinski definition) is 1. The highest BCUT2D eigenvalue weighted by Crippen LogP contribution is 2.23. The number of anilines is 2. The van der Waals surface area contributed by atoms with E-state index in [0.717, 1.165) is 61.5 Å². The molecular formula is C27H34N4O3. The summed E-state index contributed by atoms with van der Waals surface area (Å²) in [6, 6.07) is 15.5. The fourth-order valence-electron chi connectivity index (χ4n) is 4.73. The van der Waals surface area contributed by atoms with Gasteiger partial charge in [0.2, 0.25) is 11.8 Å². The minimum atomic E-state index is -0.0129. The predicted octanol–water partition coefficient (Wildman–Crippen LogP) is 3.20. The van der Waals surface area contributed by atoms with Gasteiger partial charge in [0, 0.05) is 49.0 Å². The van der Waals surface area contributed by atoms with Crippen molar-refractivity contribution in [3.8, 4) is 0 Å². The number of likely N-dealkylation sites (tertiary alicyclic amines) is 1. The Morgan fingerprint density at radius 3 is 2.06 bits per heavy atom. The van der Waals surface area contributed by atoms with Gasteiger partial charge in [-0.1, -0.05) is 17.7 Å². The van der Waals surface area contributed by atoms with Crippen LogP contribution in [0, 0.1) is 12.8 Å². The molecule has 0 unspecified atom stereocenters. The van der Waals surface area contributed by atoms with Gasteiger partial charge in [-0.05, 0) is 76.2 Å². The molecule has 180 valence electrons. The predicted molar refractivity (Wildman–Crippen MR) is 134 cm³/mol. The average molecular weight is 463 g/mol. The monoisotopic (exact) mass is 462 g/mol. The van der Waals surface area contributed by atoms with E-state index < -0.39 is 0 Å². The fourth-order valence-corrected chi connectivity index (χ4v) is 4.73. The van der Waals surface area contributed by atoms with Gasteiger partial charge in [-0.3, -0.25) is 19.3 Å². The smallest absolute Gasteiger partial charge is 0.238 e. The molecule has 34 heavy (non-hydrogen) atoms. The molecule has 7 heteroatoms. The highest BCUT2D eigenvalue weighted by Gasteiger charge is 2.31. The van der Waals surface area contributed by atoms with E-state index >= 15 is 0 Å². The van der Waals surface area contributed by atoms with Crippen LogP contribution in [0.1, 0.15) is 35.7 Å². The maximum absolute atomic E-state index is 13.1. The Labute approximate surface area is 201 Å². The second kappa shape index (κ2) is 10.8. The summed E-state index contributed by atoms with van der Waals surface area (Å²) in [6.45, 7) is 8.50. The first-order valence-corrected chi connectivity index (χ1v) is 12.1. The normalized spacial score (nSPS) is 17.5. The van der Waals surface area contributed by atoms with Crippen LogP contribution in [0.25, 0.3) is 0 Å². The number of Topliss-reactive ketones (excluding diaryl/α,β-unsaturated/α-hetero) is 1. The summed E-state index contributed by atoms with van der Waals surface area (Å²) in [5.41, 5.74) is 3.79. The Bertz CT molecular complexity index is 1000. The molecule has 2 aromatic carbocycles. The summed E-state index contributed by atoms with van der Waals surface area (Å²) in [4.78, 5) is 43.3. The average Bonchev–Trinajstić information content (AvgIpc) is 2.85. The van der Waals surface area contributed by atoms with Crippen molar-refractivity contribution < 1.29 is 14.4 Å². The van der Waals surface area contributed by atoms with Gasteiger partial charge in [0.1, 0.15) is 0 Å². The first-order valence-electron chi connectivity index (χ1n) is 12.1. The SMILES string of the molecule is CC(=O)c1ccc(N2CCN(C(=O)C3CCN(CC(=O)Nc4ccc(C)cc4)CC3)CC2)cc1. The molecule has 7 nitrogen and oxygen atoms in total. The lowest BCUT2D eigenvalue weighted by Gasteiger charge is -2.39. The van der Waals surface area contributed by atoms with Gasteiger partial charge in [0.15, 0.2) is 5.78 Å². The number of nitrogens with one attached hydrogen (secondary N) is 1. The Balaban J connectivity index is 1.20. The van der Waals surface area contributed by atoms with Gasteiger partial charge in [0.25, 0.3) is 0 Å². The minimum absolute atomic E-state index is 0.0129. The maximum atomic E-state index is 13.1. The molecule has 0 aliphatic carbocycles. The zero-order chi connectivity index (χ0) is 24.1. The van der Waals surface area contributed by atoms with Crippen LogP contribution in [0.15, 0.2) is 48.5 Å². The highest BCUT2D eigenvalue weighted by molar-refractivity contribution is 5.94. The van der Waals surface area contributed by atoms with Crippen LogP contribution < -0.4 is 10.2 Å². The summed E-state index contributed by atoms with van der Waals surface area (Å²) in [5, 5.41) is 2.95. The van der Waals surface area contributed by atoms with Crippen LogP contribution in [0.4, 0.5) is 11.4 Å². The largest absolute Gasteiger partial charge is 0.368 e. The number of aryl methyl sites for hydroxylation is 1. The Morgan fingerprint density at radius 1 is 0.853 bits per heavy atom.